The van der Waals surface area contributed by atoms with Gasteiger partial charge in [0.05, 0.1) is 11.7 Å². The molecule has 0 fully saturated rings. The number of aromatic nitrogens is 2. The van der Waals surface area contributed by atoms with Gasteiger partial charge in [0.15, 0.2) is 0 Å². The Morgan fingerprint density at radius 3 is 2.56 bits per heavy atom. The number of rotatable bonds is 9. The van der Waals surface area contributed by atoms with E-state index in [1.54, 1.807) is 0 Å². The van der Waals surface area contributed by atoms with Crippen molar-refractivity contribution in [1.29, 1.82) is 0 Å². The van der Waals surface area contributed by atoms with Gasteiger partial charge in [-0.3, -0.25) is 4.68 Å². The number of nitrogens with zero attached hydrogens (tertiary/aromatic N) is 2. The Labute approximate surface area is 112 Å². The summed E-state index contributed by atoms with van der Waals surface area (Å²) in [7, 11) is 0. The van der Waals surface area contributed by atoms with Crippen LogP contribution in [0.1, 0.15) is 71.0 Å². The van der Waals surface area contributed by atoms with E-state index in [1.807, 2.05) is 0 Å². The number of nitrogens with two attached hydrogens (primary N) is 1. The summed E-state index contributed by atoms with van der Waals surface area (Å²) in [4.78, 5) is 0. The molecule has 1 aromatic rings. The second-order valence-corrected chi connectivity index (χ2v) is 5.20. The molecule has 1 unspecified atom stereocenters. The van der Waals surface area contributed by atoms with Crippen molar-refractivity contribution in [2.45, 2.75) is 77.8 Å². The van der Waals surface area contributed by atoms with Crippen molar-refractivity contribution in [3.8, 4) is 0 Å². The van der Waals surface area contributed by atoms with Gasteiger partial charge in [-0.15, -0.1) is 0 Å². The van der Waals surface area contributed by atoms with Crippen LogP contribution in [-0.2, 0) is 6.42 Å². The van der Waals surface area contributed by atoms with E-state index < -0.39 is 0 Å². The Kier molecular flexibility index (Phi) is 7.02. The second-order valence-electron chi connectivity index (χ2n) is 5.20. The summed E-state index contributed by atoms with van der Waals surface area (Å²) in [6.45, 7) is 6.63. The zero-order valence-electron chi connectivity index (χ0n) is 12.2. The van der Waals surface area contributed by atoms with Gasteiger partial charge in [0.25, 0.3) is 0 Å². The fourth-order valence-corrected chi connectivity index (χ4v) is 2.44. The quantitative estimate of drug-likeness (QED) is 0.727. The molecule has 1 heterocycles. The Bertz CT molecular complexity index is 315. The molecule has 0 aliphatic heterocycles. The van der Waals surface area contributed by atoms with Crippen LogP contribution in [-0.4, -0.2) is 15.8 Å². The van der Waals surface area contributed by atoms with Crippen LogP contribution in [0.3, 0.4) is 0 Å². The second kappa shape index (κ2) is 8.30. The van der Waals surface area contributed by atoms with Gasteiger partial charge in [0.1, 0.15) is 0 Å². The largest absolute Gasteiger partial charge is 0.328 e. The van der Waals surface area contributed by atoms with Gasteiger partial charge in [0, 0.05) is 12.2 Å². The van der Waals surface area contributed by atoms with E-state index in [-0.39, 0.29) is 0 Å². The molecular formula is C15H29N3. The van der Waals surface area contributed by atoms with E-state index in [9.17, 15) is 0 Å². The number of hydrogen-bond acceptors (Lipinski definition) is 2. The smallest absolute Gasteiger partial charge is 0.0624 e. The maximum absolute atomic E-state index is 6.02. The molecule has 0 saturated heterocycles. The summed E-state index contributed by atoms with van der Waals surface area (Å²) in [5.74, 6) is 0. The predicted molar refractivity (Wildman–Crippen MR) is 77.7 cm³/mol. The summed E-state index contributed by atoms with van der Waals surface area (Å²) in [6, 6.07) is 3.08. The molecule has 1 aromatic heterocycles. The molecule has 0 saturated carbocycles. The zero-order valence-corrected chi connectivity index (χ0v) is 12.2. The minimum Gasteiger partial charge on any atom is -0.328 e. The lowest BCUT2D eigenvalue weighted by Gasteiger charge is -2.12. The van der Waals surface area contributed by atoms with Gasteiger partial charge < -0.3 is 5.73 Å². The monoisotopic (exact) mass is 251 g/mol. The molecule has 3 nitrogen and oxygen atoms in total. The Morgan fingerprint density at radius 1 is 1.22 bits per heavy atom. The van der Waals surface area contributed by atoms with Gasteiger partial charge in [0.2, 0.25) is 0 Å². The van der Waals surface area contributed by atoms with E-state index in [0.29, 0.717) is 12.1 Å². The normalized spacial score (nSPS) is 13.2. The van der Waals surface area contributed by atoms with Crippen LogP contribution in [0.15, 0.2) is 12.3 Å². The lowest BCUT2D eigenvalue weighted by atomic mass is 10.1. The minimum absolute atomic E-state index is 0.371. The van der Waals surface area contributed by atoms with Gasteiger partial charge >= 0.3 is 0 Å². The first-order valence-electron chi connectivity index (χ1n) is 7.50. The summed E-state index contributed by atoms with van der Waals surface area (Å²) in [6.07, 6.45) is 10.1. The Morgan fingerprint density at radius 2 is 1.94 bits per heavy atom. The van der Waals surface area contributed by atoms with E-state index >= 15 is 0 Å². The number of aryl methyl sites for hydroxylation is 1. The van der Waals surface area contributed by atoms with Crippen LogP contribution >= 0.6 is 0 Å². The first-order valence-corrected chi connectivity index (χ1v) is 7.50. The van der Waals surface area contributed by atoms with Crippen LogP contribution in [0.25, 0.3) is 0 Å². The van der Waals surface area contributed by atoms with E-state index in [2.05, 4.69) is 42.8 Å². The average molecular weight is 251 g/mol. The number of hydrogen-bond donors (Lipinski definition) is 1. The van der Waals surface area contributed by atoms with Gasteiger partial charge in [-0.05, 0) is 44.6 Å². The van der Waals surface area contributed by atoms with Crippen LogP contribution in [0.2, 0.25) is 0 Å². The highest BCUT2D eigenvalue weighted by molar-refractivity contribution is 5.00. The molecule has 0 spiro atoms. The molecule has 1 rings (SSSR count). The highest BCUT2D eigenvalue weighted by atomic mass is 15.3. The van der Waals surface area contributed by atoms with Crippen LogP contribution in [0, 0.1) is 0 Å². The summed E-state index contributed by atoms with van der Waals surface area (Å²) in [5.41, 5.74) is 7.23. The Hall–Kier alpha value is -0.830. The SMILES string of the molecule is CCCC(N)CCCc1ccn(C(CC)CC)n1. The average Bonchev–Trinajstić information content (AvgIpc) is 2.80. The first-order chi connectivity index (χ1) is 8.71. The van der Waals surface area contributed by atoms with Crippen molar-refractivity contribution in [1.82, 2.24) is 9.78 Å². The fourth-order valence-electron chi connectivity index (χ4n) is 2.44. The minimum atomic E-state index is 0.371. The van der Waals surface area contributed by atoms with E-state index in [4.69, 9.17) is 5.73 Å². The molecule has 2 N–H and O–H groups in total. The lowest BCUT2D eigenvalue weighted by molar-refractivity contribution is 0.424. The molecule has 104 valence electrons. The van der Waals surface area contributed by atoms with E-state index in [1.165, 1.54) is 12.1 Å². The zero-order chi connectivity index (χ0) is 13.4. The van der Waals surface area contributed by atoms with Crippen LogP contribution < -0.4 is 5.73 Å². The van der Waals surface area contributed by atoms with Gasteiger partial charge in [-0.2, -0.15) is 5.10 Å². The molecule has 0 aliphatic rings. The van der Waals surface area contributed by atoms with Crippen molar-refractivity contribution >= 4 is 0 Å². The third-order valence-corrected chi connectivity index (χ3v) is 3.65. The summed E-state index contributed by atoms with van der Waals surface area (Å²) < 4.78 is 2.13. The predicted octanol–water partition coefficient (Wildman–Crippen LogP) is 3.69. The Balaban J connectivity index is 2.35. The summed E-state index contributed by atoms with van der Waals surface area (Å²) >= 11 is 0. The fraction of sp³-hybridized carbons (Fsp3) is 0.800. The van der Waals surface area contributed by atoms with Gasteiger partial charge in [-0.25, -0.2) is 0 Å². The van der Waals surface area contributed by atoms with Crippen LogP contribution in [0.5, 0.6) is 0 Å². The van der Waals surface area contributed by atoms with Crippen LogP contribution in [0.4, 0.5) is 0 Å². The van der Waals surface area contributed by atoms with Crippen molar-refractivity contribution in [2.24, 2.45) is 5.73 Å². The molecule has 3 heteroatoms. The molecule has 0 bridgehead atoms. The highest BCUT2D eigenvalue weighted by Gasteiger charge is 2.08. The van der Waals surface area contributed by atoms with Crippen molar-refractivity contribution in [2.75, 3.05) is 0 Å². The summed E-state index contributed by atoms with van der Waals surface area (Å²) in [5, 5.41) is 4.67. The van der Waals surface area contributed by atoms with E-state index in [0.717, 1.165) is 38.5 Å². The van der Waals surface area contributed by atoms with Crippen molar-refractivity contribution < 1.29 is 0 Å². The van der Waals surface area contributed by atoms with Gasteiger partial charge in [-0.1, -0.05) is 27.2 Å². The maximum atomic E-state index is 6.02. The topological polar surface area (TPSA) is 43.8 Å². The molecule has 0 aromatic carbocycles. The molecule has 0 radical (unpaired) electrons. The molecule has 0 aliphatic carbocycles. The maximum Gasteiger partial charge on any atom is 0.0624 e. The molecular weight excluding hydrogens is 222 g/mol. The standard InChI is InChI=1S/C15H29N3/c1-4-8-13(16)9-7-10-14-11-12-18(17-14)15(5-2)6-3/h11-13,15H,4-10,16H2,1-3H3. The first kappa shape index (κ1) is 15.2. The molecule has 0 amide bonds. The third-order valence-electron chi connectivity index (χ3n) is 3.65. The van der Waals surface area contributed by atoms with Crippen molar-refractivity contribution in [3.05, 3.63) is 18.0 Å². The van der Waals surface area contributed by atoms with Crippen molar-refractivity contribution in [3.63, 3.8) is 0 Å². The molecule has 18 heavy (non-hydrogen) atoms. The lowest BCUT2D eigenvalue weighted by Crippen LogP contribution is -2.19. The third kappa shape index (κ3) is 4.81. The molecule has 1 atom stereocenters. The highest BCUT2D eigenvalue weighted by Crippen LogP contribution is 2.15.